The predicted molar refractivity (Wildman–Crippen MR) is 127 cm³/mol. The normalized spacial score (nSPS) is 22.2. The van der Waals surface area contributed by atoms with Crippen LogP contribution < -0.4 is 9.47 Å². The molecule has 1 unspecified atom stereocenters. The van der Waals surface area contributed by atoms with Gasteiger partial charge in [0.05, 0.1) is 39.5 Å². The smallest absolute Gasteiger partial charge is 0.325 e. The first-order chi connectivity index (χ1) is 16.5. The molecule has 8 heteroatoms. The van der Waals surface area contributed by atoms with E-state index in [2.05, 4.69) is 13.0 Å². The van der Waals surface area contributed by atoms with Crippen LogP contribution in [0.5, 0.6) is 11.5 Å². The Morgan fingerprint density at radius 3 is 1.85 bits per heavy atom. The van der Waals surface area contributed by atoms with E-state index in [1.807, 2.05) is 28.9 Å². The number of rotatable bonds is 7. The van der Waals surface area contributed by atoms with E-state index >= 15 is 0 Å². The van der Waals surface area contributed by atoms with Crippen molar-refractivity contribution in [1.82, 2.24) is 9.80 Å². The summed E-state index contributed by atoms with van der Waals surface area (Å²) < 4.78 is 22.6. The predicted octanol–water partition coefficient (Wildman–Crippen LogP) is 2.68. The van der Waals surface area contributed by atoms with Gasteiger partial charge in [0, 0.05) is 37.7 Å². The Hall–Kier alpha value is -2.26. The lowest BCUT2D eigenvalue weighted by Crippen LogP contribution is -2.41. The number of ether oxygens (including phenoxy) is 4. The highest BCUT2D eigenvalue weighted by atomic mass is 16.5. The second kappa shape index (κ2) is 11.9. The monoisotopic (exact) mass is 472 g/mol. The number of morpholine rings is 2. The van der Waals surface area contributed by atoms with Gasteiger partial charge in [0.2, 0.25) is 0 Å². The third-order valence-electron chi connectivity index (χ3n) is 6.55. The first-order valence-corrected chi connectivity index (χ1v) is 12.3. The van der Waals surface area contributed by atoms with Crippen LogP contribution in [0.15, 0.2) is 23.8 Å². The molecule has 0 spiro atoms. The van der Waals surface area contributed by atoms with Crippen molar-refractivity contribution in [2.75, 3.05) is 65.7 Å². The van der Waals surface area contributed by atoms with E-state index in [4.69, 9.17) is 18.9 Å². The summed E-state index contributed by atoms with van der Waals surface area (Å²) in [5.74, 6) is 0.394. The Kier molecular flexibility index (Phi) is 8.72. The molecule has 3 aliphatic rings. The Labute approximate surface area is 201 Å². The van der Waals surface area contributed by atoms with E-state index in [1.54, 1.807) is 0 Å². The fourth-order valence-corrected chi connectivity index (χ4v) is 4.80. The van der Waals surface area contributed by atoms with Crippen LogP contribution in [-0.2, 0) is 19.1 Å². The minimum absolute atomic E-state index is 0.0340. The highest BCUT2D eigenvalue weighted by Crippen LogP contribution is 2.42. The molecule has 4 rings (SSSR count). The Balaban J connectivity index is 1.56. The number of hydrogen-bond donors (Lipinski definition) is 0. The molecule has 1 atom stereocenters. The molecule has 1 aromatic rings. The average Bonchev–Trinajstić information content (AvgIpc) is 2.80. The van der Waals surface area contributed by atoms with E-state index < -0.39 is 0 Å². The lowest BCUT2D eigenvalue weighted by Gasteiger charge is -2.28. The molecule has 0 bridgehead atoms. The Morgan fingerprint density at radius 1 is 0.882 bits per heavy atom. The maximum Gasteiger partial charge on any atom is 0.325 e. The van der Waals surface area contributed by atoms with Gasteiger partial charge in [-0.1, -0.05) is 11.6 Å². The minimum Gasteiger partial charge on any atom is -0.425 e. The maximum atomic E-state index is 12.8. The van der Waals surface area contributed by atoms with Crippen molar-refractivity contribution < 1.29 is 28.5 Å². The van der Waals surface area contributed by atoms with Crippen molar-refractivity contribution in [3.05, 3.63) is 34.9 Å². The molecule has 1 aliphatic carbocycles. The van der Waals surface area contributed by atoms with Gasteiger partial charge in [0.15, 0.2) is 0 Å². The van der Waals surface area contributed by atoms with Crippen molar-refractivity contribution in [2.24, 2.45) is 0 Å². The highest BCUT2D eigenvalue weighted by Gasteiger charge is 2.27. The van der Waals surface area contributed by atoms with Crippen molar-refractivity contribution in [3.8, 4) is 11.5 Å². The van der Waals surface area contributed by atoms with Gasteiger partial charge in [-0.25, -0.2) is 0 Å². The van der Waals surface area contributed by atoms with Crippen LogP contribution in [0.3, 0.4) is 0 Å². The molecule has 186 valence electrons. The zero-order chi connectivity index (χ0) is 23.9. The standard InChI is InChI=1S/C26H36N2O6/c1-19-4-3-5-21(14-19)26-22(33-24(29)17-27-6-10-31-11-7-27)15-20(2)16-23(26)34-25(30)18-28-8-12-32-13-9-28/h14-16,21H,3-13,17-18H2,1-2H3. The number of allylic oxidation sites excluding steroid dienone is 2. The lowest BCUT2D eigenvalue weighted by atomic mass is 9.84. The van der Waals surface area contributed by atoms with E-state index in [9.17, 15) is 9.59 Å². The van der Waals surface area contributed by atoms with Gasteiger partial charge in [-0.05, 0) is 50.8 Å². The summed E-state index contributed by atoms with van der Waals surface area (Å²) in [7, 11) is 0. The van der Waals surface area contributed by atoms with Gasteiger partial charge in [-0.3, -0.25) is 19.4 Å². The number of nitrogens with zero attached hydrogens (tertiary/aromatic N) is 2. The molecule has 1 aromatic carbocycles. The molecule has 0 radical (unpaired) electrons. The number of aryl methyl sites for hydroxylation is 1. The Morgan fingerprint density at radius 2 is 1.38 bits per heavy atom. The van der Waals surface area contributed by atoms with Crippen LogP contribution >= 0.6 is 0 Å². The van der Waals surface area contributed by atoms with E-state index in [-0.39, 0.29) is 30.9 Å². The van der Waals surface area contributed by atoms with Gasteiger partial charge in [-0.15, -0.1) is 0 Å². The largest absolute Gasteiger partial charge is 0.425 e. The number of esters is 2. The molecule has 0 amide bonds. The third-order valence-corrected chi connectivity index (χ3v) is 6.55. The molecule has 0 saturated carbocycles. The van der Waals surface area contributed by atoms with Crippen LogP contribution in [0.25, 0.3) is 0 Å². The van der Waals surface area contributed by atoms with Crippen molar-refractivity contribution in [2.45, 2.75) is 39.0 Å². The lowest BCUT2D eigenvalue weighted by molar-refractivity contribution is -0.137. The summed E-state index contributed by atoms with van der Waals surface area (Å²) in [5.41, 5.74) is 2.96. The van der Waals surface area contributed by atoms with E-state index in [0.29, 0.717) is 64.1 Å². The first kappa shape index (κ1) is 24.9. The fourth-order valence-electron chi connectivity index (χ4n) is 4.80. The maximum absolute atomic E-state index is 12.8. The van der Waals surface area contributed by atoms with Crippen molar-refractivity contribution in [3.63, 3.8) is 0 Å². The van der Waals surface area contributed by atoms with Gasteiger partial charge in [0.25, 0.3) is 0 Å². The minimum atomic E-state index is -0.309. The van der Waals surface area contributed by atoms with E-state index in [0.717, 1.165) is 30.4 Å². The molecule has 34 heavy (non-hydrogen) atoms. The van der Waals surface area contributed by atoms with Gasteiger partial charge in [0.1, 0.15) is 11.5 Å². The van der Waals surface area contributed by atoms with Crippen molar-refractivity contribution >= 4 is 11.9 Å². The molecular weight excluding hydrogens is 436 g/mol. The number of carbonyl (C=O) groups is 2. The summed E-state index contributed by atoms with van der Waals surface area (Å²) >= 11 is 0. The fraction of sp³-hybridized carbons (Fsp3) is 0.615. The second-order valence-electron chi connectivity index (χ2n) is 9.41. The van der Waals surface area contributed by atoms with Crippen molar-refractivity contribution in [1.29, 1.82) is 0 Å². The summed E-state index contributed by atoms with van der Waals surface area (Å²) in [5, 5.41) is 0. The summed E-state index contributed by atoms with van der Waals surface area (Å²) in [4.78, 5) is 29.8. The molecule has 2 aliphatic heterocycles. The summed E-state index contributed by atoms with van der Waals surface area (Å²) in [6, 6.07) is 3.76. The Bertz CT molecular complexity index is 848. The van der Waals surface area contributed by atoms with Crippen LogP contribution in [0.1, 0.15) is 43.2 Å². The highest BCUT2D eigenvalue weighted by molar-refractivity contribution is 5.78. The first-order valence-electron chi connectivity index (χ1n) is 12.3. The quantitative estimate of drug-likeness (QED) is 0.341. The molecule has 8 nitrogen and oxygen atoms in total. The third kappa shape index (κ3) is 6.88. The number of hydrogen-bond acceptors (Lipinski definition) is 8. The molecule has 2 saturated heterocycles. The summed E-state index contributed by atoms with van der Waals surface area (Å²) in [6.07, 6.45) is 5.24. The molecule has 0 N–H and O–H groups in total. The molecule has 2 heterocycles. The van der Waals surface area contributed by atoms with Gasteiger partial charge < -0.3 is 18.9 Å². The SMILES string of the molecule is CC1=CC(c2c(OC(=O)CN3CCOCC3)cc(C)cc2OC(=O)CN2CCOCC2)CCC1. The number of carbonyl (C=O) groups excluding carboxylic acids is 2. The topological polar surface area (TPSA) is 77.5 Å². The van der Waals surface area contributed by atoms with Crippen LogP contribution in [0.2, 0.25) is 0 Å². The molecular formula is C26H36N2O6. The van der Waals surface area contributed by atoms with Crippen LogP contribution in [0.4, 0.5) is 0 Å². The van der Waals surface area contributed by atoms with Gasteiger partial charge >= 0.3 is 11.9 Å². The molecule has 0 aromatic heterocycles. The molecule has 2 fully saturated rings. The number of benzene rings is 1. The van der Waals surface area contributed by atoms with Crippen LogP contribution in [0, 0.1) is 6.92 Å². The second-order valence-corrected chi connectivity index (χ2v) is 9.41. The zero-order valence-electron chi connectivity index (χ0n) is 20.3. The van der Waals surface area contributed by atoms with Crippen LogP contribution in [-0.4, -0.2) is 87.4 Å². The summed E-state index contributed by atoms with van der Waals surface area (Å²) in [6.45, 7) is 9.81. The average molecular weight is 473 g/mol. The van der Waals surface area contributed by atoms with Gasteiger partial charge in [-0.2, -0.15) is 0 Å². The van der Waals surface area contributed by atoms with E-state index in [1.165, 1.54) is 5.57 Å². The zero-order valence-corrected chi connectivity index (χ0v) is 20.3.